The Balaban J connectivity index is 2.73. The molecule has 0 bridgehead atoms. The molecule has 7 heteroatoms. The normalized spacial score (nSPS) is 11.7. The zero-order valence-electron chi connectivity index (χ0n) is 9.54. The van der Waals surface area contributed by atoms with Crippen LogP contribution in [0.25, 0.3) is 0 Å². The highest BCUT2D eigenvalue weighted by atomic mass is 19.1. The Labute approximate surface area is 102 Å². The fourth-order valence-electron chi connectivity index (χ4n) is 1.26. The van der Waals surface area contributed by atoms with Gasteiger partial charge >= 0.3 is 12.0 Å². The number of para-hydroxylation sites is 1. The number of hydrogen-bond donors (Lipinski definition) is 3. The van der Waals surface area contributed by atoms with E-state index in [-0.39, 0.29) is 6.42 Å². The maximum Gasteiger partial charge on any atom is 0.326 e. The van der Waals surface area contributed by atoms with E-state index in [9.17, 15) is 18.4 Å². The molecule has 0 radical (unpaired) electrons. The van der Waals surface area contributed by atoms with Gasteiger partial charge in [-0.15, -0.1) is 0 Å². The number of benzene rings is 1. The summed E-state index contributed by atoms with van der Waals surface area (Å²) in [4.78, 5) is 22.0. The molecule has 18 heavy (non-hydrogen) atoms. The SMILES string of the molecule is CC[C@@H](NC(=O)Nc1c(F)cccc1F)C(=O)O. The lowest BCUT2D eigenvalue weighted by Gasteiger charge is -2.13. The number of rotatable bonds is 4. The third-order valence-corrected chi connectivity index (χ3v) is 2.21. The number of anilines is 1. The summed E-state index contributed by atoms with van der Waals surface area (Å²) in [6.45, 7) is 1.56. The van der Waals surface area contributed by atoms with Crippen molar-refractivity contribution in [1.82, 2.24) is 5.32 Å². The fourth-order valence-corrected chi connectivity index (χ4v) is 1.26. The first-order valence-corrected chi connectivity index (χ1v) is 5.20. The van der Waals surface area contributed by atoms with Crippen molar-refractivity contribution < 1.29 is 23.5 Å². The molecule has 0 aromatic heterocycles. The molecule has 0 aliphatic carbocycles. The van der Waals surface area contributed by atoms with E-state index in [0.717, 1.165) is 18.2 Å². The summed E-state index contributed by atoms with van der Waals surface area (Å²) in [6.07, 6.45) is 0.155. The van der Waals surface area contributed by atoms with Gasteiger partial charge in [0, 0.05) is 0 Å². The maximum absolute atomic E-state index is 13.2. The van der Waals surface area contributed by atoms with Crippen LogP contribution in [0.4, 0.5) is 19.3 Å². The molecule has 0 unspecified atom stereocenters. The fraction of sp³-hybridized carbons (Fsp3) is 0.273. The standard InChI is InChI=1S/C11H12F2N2O3/c1-2-8(10(16)17)14-11(18)15-9-6(12)4-3-5-7(9)13/h3-5,8H,2H2,1H3,(H,16,17)(H2,14,15,18)/t8-/m1/s1. The number of aliphatic carboxylic acids is 1. The highest BCUT2D eigenvalue weighted by Gasteiger charge is 2.19. The van der Waals surface area contributed by atoms with Crippen molar-refractivity contribution in [3.05, 3.63) is 29.8 Å². The van der Waals surface area contributed by atoms with Gasteiger partial charge in [0.2, 0.25) is 0 Å². The molecule has 1 atom stereocenters. The van der Waals surface area contributed by atoms with Gasteiger partial charge < -0.3 is 15.7 Å². The molecule has 1 aromatic carbocycles. The lowest BCUT2D eigenvalue weighted by molar-refractivity contribution is -0.139. The van der Waals surface area contributed by atoms with E-state index in [1.165, 1.54) is 0 Å². The quantitative estimate of drug-likeness (QED) is 0.772. The average Bonchev–Trinajstić information content (AvgIpc) is 2.30. The van der Waals surface area contributed by atoms with Crippen LogP contribution in [0.15, 0.2) is 18.2 Å². The predicted octanol–water partition coefficient (Wildman–Crippen LogP) is 1.95. The van der Waals surface area contributed by atoms with Crippen molar-refractivity contribution >= 4 is 17.7 Å². The minimum absolute atomic E-state index is 0.155. The second-order valence-electron chi connectivity index (χ2n) is 3.49. The summed E-state index contributed by atoms with van der Waals surface area (Å²) in [5, 5.41) is 12.7. The van der Waals surface area contributed by atoms with Gasteiger partial charge in [0.15, 0.2) is 0 Å². The summed E-state index contributed by atoms with van der Waals surface area (Å²) < 4.78 is 26.4. The molecule has 2 amide bonds. The van der Waals surface area contributed by atoms with Crippen LogP contribution >= 0.6 is 0 Å². The van der Waals surface area contributed by atoms with Crippen molar-refractivity contribution in [2.75, 3.05) is 5.32 Å². The van der Waals surface area contributed by atoms with E-state index in [1.807, 2.05) is 5.32 Å². The van der Waals surface area contributed by atoms with Crippen LogP contribution in [0, 0.1) is 11.6 Å². The molecule has 1 rings (SSSR count). The number of carboxylic acids is 1. The number of amides is 2. The third kappa shape index (κ3) is 3.41. The lowest BCUT2D eigenvalue weighted by Crippen LogP contribution is -2.42. The Morgan fingerprint density at radius 3 is 2.33 bits per heavy atom. The van der Waals surface area contributed by atoms with Crippen molar-refractivity contribution in [2.45, 2.75) is 19.4 Å². The van der Waals surface area contributed by atoms with Crippen molar-refractivity contribution in [3.8, 4) is 0 Å². The van der Waals surface area contributed by atoms with Crippen LogP contribution in [0.1, 0.15) is 13.3 Å². The molecule has 0 heterocycles. The van der Waals surface area contributed by atoms with Crippen molar-refractivity contribution in [2.24, 2.45) is 0 Å². The second-order valence-corrected chi connectivity index (χ2v) is 3.49. The van der Waals surface area contributed by atoms with Gasteiger partial charge in [0.25, 0.3) is 0 Å². The first-order valence-electron chi connectivity index (χ1n) is 5.20. The maximum atomic E-state index is 13.2. The van der Waals surface area contributed by atoms with Gasteiger partial charge in [-0.05, 0) is 18.6 Å². The van der Waals surface area contributed by atoms with E-state index in [0.29, 0.717) is 0 Å². The smallest absolute Gasteiger partial charge is 0.326 e. The molecule has 98 valence electrons. The zero-order valence-corrected chi connectivity index (χ0v) is 9.54. The molecule has 0 aliphatic rings. The molecule has 0 saturated carbocycles. The van der Waals surface area contributed by atoms with Gasteiger partial charge in [0.05, 0.1) is 0 Å². The number of carbonyl (C=O) groups is 2. The molecule has 0 fully saturated rings. The minimum Gasteiger partial charge on any atom is -0.480 e. The second kappa shape index (κ2) is 5.95. The highest BCUT2D eigenvalue weighted by Crippen LogP contribution is 2.17. The van der Waals surface area contributed by atoms with Gasteiger partial charge in [0.1, 0.15) is 23.4 Å². The lowest BCUT2D eigenvalue weighted by atomic mass is 10.2. The van der Waals surface area contributed by atoms with Crippen LogP contribution in [0.5, 0.6) is 0 Å². The number of urea groups is 1. The Bertz CT molecular complexity index is 445. The van der Waals surface area contributed by atoms with Crippen LogP contribution in [-0.2, 0) is 4.79 Å². The Morgan fingerprint density at radius 2 is 1.89 bits per heavy atom. The topological polar surface area (TPSA) is 78.4 Å². The van der Waals surface area contributed by atoms with E-state index < -0.39 is 35.4 Å². The molecule has 1 aromatic rings. The number of carbonyl (C=O) groups excluding carboxylic acids is 1. The predicted molar refractivity (Wildman–Crippen MR) is 60.2 cm³/mol. The summed E-state index contributed by atoms with van der Waals surface area (Å²) in [6, 6.07) is 1.02. The summed E-state index contributed by atoms with van der Waals surface area (Å²) in [5.74, 6) is -3.09. The molecule has 0 saturated heterocycles. The van der Waals surface area contributed by atoms with Crippen molar-refractivity contribution in [1.29, 1.82) is 0 Å². The monoisotopic (exact) mass is 258 g/mol. The average molecular weight is 258 g/mol. The summed E-state index contributed by atoms with van der Waals surface area (Å²) in [5.41, 5.74) is -0.616. The number of halogens is 2. The minimum atomic E-state index is -1.22. The van der Waals surface area contributed by atoms with Crippen LogP contribution in [-0.4, -0.2) is 23.1 Å². The molecule has 3 N–H and O–H groups in total. The van der Waals surface area contributed by atoms with Gasteiger partial charge in [-0.25, -0.2) is 18.4 Å². The number of nitrogens with one attached hydrogen (secondary N) is 2. The molecule has 0 spiro atoms. The summed E-state index contributed by atoms with van der Waals surface area (Å²) in [7, 11) is 0. The molecular weight excluding hydrogens is 246 g/mol. The number of hydrogen-bond acceptors (Lipinski definition) is 2. The highest BCUT2D eigenvalue weighted by molar-refractivity contribution is 5.92. The molecular formula is C11H12F2N2O3. The summed E-state index contributed by atoms with van der Waals surface area (Å²) >= 11 is 0. The van der Waals surface area contributed by atoms with E-state index >= 15 is 0 Å². The number of carboxylic acid groups (broad SMARTS) is 1. The van der Waals surface area contributed by atoms with Crippen LogP contribution in [0.2, 0.25) is 0 Å². The van der Waals surface area contributed by atoms with Gasteiger partial charge in [-0.3, -0.25) is 0 Å². The third-order valence-electron chi connectivity index (χ3n) is 2.21. The Kier molecular flexibility index (Phi) is 4.59. The van der Waals surface area contributed by atoms with Crippen LogP contribution < -0.4 is 10.6 Å². The first-order chi connectivity index (χ1) is 8.45. The van der Waals surface area contributed by atoms with E-state index in [4.69, 9.17) is 5.11 Å². The van der Waals surface area contributed by atoms with E-state index in [1.54, 1.807) is 6.92 Å². The first kappa shape index (κ1) is 13.9. The molecule has 0 aliphatic heterocycles. The zero-order chi connectivity index (χ0) is 13.7. The molecule has 5 nitrogen and oxygen atoms in total. The Hall–Kier alpha value is -2.18. The van der Waals surface area contributed by atoms with Gasteiger partial charge in [-0.2, -0.15) is 0 Å². The van der Waals surface area contributed by atoms with Gasteiger partial charge in [-0.1, -0.05) is 13.0 Å². The van der Waals surface area contributed by atoms with Crippen LogP contribution in [0.3, 0.4) is 0 Å². The van der Waals surface area contributed by atoms with E-state index in [2.05, 4.69) is 5.32 Å². The largest absolute Gasteiger partial charge is 0.480 e. The van der Waals surface area contributed by atoms with Crippen molar-refractivity contribution in [3.63, 3.8) is 0 Å². The Morgan fingerprint density at radius 1 is 1.33 bits per heavy atom.